The summed E-state index contributed by atoms with van der Waals surface area (Å²) in [6.45, 7) is 6.66. The average molecular weight is 290 g/mol. The Balaban J connectivity index is 2.20. The van der Waals surface area contributed by atoms with Crippen LogP contribution in [0.3, 0.4) is 0 Å². The van der Waals surface area contributed by atoms with Gasteiger partial charge < -0.3 is 9.84 Å². The highest BCUT2D eigenvalue weighted by molar-refractivity contribution is 7.12. The summed E-state index contributed by atoms with van der Waals surface area (Å²) in [5, 5.41) is 10.9. The lowest BCUT2D eigenvalue weighted by atomic mass is 9.86. The summed E-state index contributed by atoms with van der Waals surface area (Å²) in [5.74, 6) is -0.0924. The highest BCUT2D eigenvalue weighted by Gasteiger charge is 2.19. The molecule has 4 heteroatoms. The van der Waals surface area contributed by atoms with Gasteiger partial charge >= 0.3 is 5.97 Å². The largest absolute Gasteiger partial charge is 0.489 e. The predicted octanol–water partition coefficient (Wildman–Crippen LogP) is 4.32. The zero-order valence-corrected chi connectivity index (χ0v) is 12.7. The van der Waals surface area contributed by atoms with Gasteiger partial charge in [0.1, 0.15) is 17.2 Å². The van der Waals surface area contributed by atoms with Crippen LogP contribution in [0, 0.1) is 0 Å². The molecule has 20 heavy (non-hydrogen) atoms. The standard InChI is InChI=1S/C16H18O3S/c1-16(2,3)12-6-4-5-7-13(12)19-10-11-8-9-20-14(11)15(17)18/h4-9H,10H2,1-3H3,(H,17,18). The number of carboxylic acids is 1. The number of hydrogen-bond acceptors (Lipinski definition) is 3. The van der Waals surface area contributed by atoms with E-state index in [4.69, 9.17) is 9.84 Å². The first-order valence-corrected chi connectivity index (χ1v) is 7.29. The Morgan fingerprint density at radius 2 is 1.95 bits per heavy atom. The molecule has 0 saturated carbocycles. The molecule has 0 saturated heterocycles. The number of thiophene rings is 1. The van der Waals surface area contributed by atoms with Crippen molar-refractivity contribution in [2.24, 2.45) is 0 Å². The van der Waals surface area contributed by atoms with Crippen LogP contribution in [0.25, 0.3) is 0 Å². The third-order valence-electron chi connectivity index (χ3n) is 3.02. The number of rotatable bonds is 4. The monoisotopic (exact) mass is 290 g/mol. The fraction of sp³-hybridized carbons (Fsp3) is 0.312. The summed E-state index contributed by atoms with van der Waals surface area (Å²) in [7, 11) is 0. The van der Waals surface area contributed by atoms with Gasteiger partial charge in [-0.3, -0.25) is 0 Å². The zero-order valence-electron chi connectivity index (χ0n) is 11.8. The Morgan fingerprint density at radius 1 is 1.25 bits per heavy atom. The van der Waals surface area contributed by atoms with Crippen LogP contribution in [-0.4, -0.2) is 11.1 Å². The van der Waals surface area contributed by atoms with Gasteiger partial charge in [-0.05, 0) is 28.5 Å². The van der Waals surface area contributed by atoms with Crippen LogP contribution in [-0.2, 0) is 12.0 Å². The molecule has 3 nitrogen and oxygen atoms in total. The van der Waals surface area contributed by atoms with E-state index in [-0.39, 0.29) is 12.0 Å². The van der Waals surface area contributed by atoms with Gasteiger partial charge in [0, 0.05) is 5.56 Å². The maximum atomic E-state index is 11.1. The molecule has 1 aromatic carbocycles. The Bertz CT molecular complexity index is 608. The third kappa shape index (κ3) is 3.20. The number of carboxylic acid groups (broad SMARTS) is 1. The fourth-order valence-electron chi connectivity index (χ4n) is 2.00. The summed E-state index contributed by atoms with van der Waals surface area (Å²) >= 11 is 1.22. The van der Waals surface area contributed by atoms with E-state index in [0.29, 0.717) is 10.4 Å². The number of aromatic carboxylic acids is 1. The molecule has 1 aromatic heterocycles. The van der Waals surface area contributed by atoms with Gasteiger partial charge in [0.05, 0.1) is 0 Å². The van der Waals surface area contributed by atoms with Gasteiger partial charge in [-0.15, -0.1) is 11.3 Å². The van der Waals surface area contributed by atoms with Crippen LogP contribution in [0.4, 0.5) is 0 Å². The second kappa shape index (κ2) is 5.67. The van der Waals surface area contributed by atoms with E-state index in [9.17, 15) is 4.79 Å². The van der Waals surface area contributed by atoms with E-state index < -0.39 is 5.97 Å². The molecule has 1 heterocycles. The van der Waals surface area contributed by atoms with Crippen molar-refractivity contribution in [3.05, 3.63) is 51.7 Å². The molecule has 0 amide bonds. The first kappa shape index (κ1) is 14.6. The average Bonchev–Trinajstić information content (AvgIpc) is 2.84. The number of benzene rings is 1. The lowest BCUT2D eigenvalue weighted by Crippen LogP contribution is -2.13. The SMILES string of the molecule is CC(C)(C)c1ccccc1OCc1ccsc1C(=O)O. The van der Waals surface area contributed by atoms with E-state index in [0.717, 1.165) is 11.3 Å². The molecule has 0 aliphatic carbocycles. The molecule has 106 valence electrons. The van der Waals surface area contributed by atoms with E-state index in [1.807, 2.05) is 24.3 Å². The van der Waals surface area contributed by atoms with E-state index in [1.165, 1.54) is 11.3 Å². The molecule has 0 bridgehead atoms. The fourth-order valence-corrected chi connectivity index (χ4v) is 2.75. The molecule has 0 aliphatic rings. The Labute approximate surface area is 122 Å². The van der Waals surface area contributed by atoms with Crippen molar-refractivity contribution in [3.8, 4) is 5.75 Å². The Morgan fingerprint density at radius 3 is 2.60 bits per heavy atom. The number of ether oxygens (including phenoxy) is 1. The lowest BCUT2D eigenvalue weighted by Gasteiger charge is -2.22. The van der Waals surface area contributed by atoms with E-state index >= 15 is 0 Å². The van der Waals surface area contributed by atoms with Crippen molar-refractivity contribution in [2.45, 2.75) is 32.8 Å². The van der Waals surface area contributed by atoms with E-state index in [1.54, 1.807) is 11.4 Å². The number of para-hydroxylation sites is 1. The van der Waals surface area contributed by atoms with Gasteiger partial charge in [0.25, 0.3) is 0 Å². The number of hydrogen-bond donors (Lipinski definition) is 1. The molecule has 2 rings (SSSR count). The Kier molecular flexibility index (Phi) is 4.14. The first-order chi connectivity index (χ1) is 9.39. The van der Waals surface area contributed by atoms with Crippen LogP contribution in [0.1, 0.15) is 41.6 Å². The topological polar surface area (TPSA) is 46.5 Å². The van der Waals surface area contributed by atoms with Crippen LogP contribution < -0.4 is 4.74 Å². The molecule has 0 atom stereocenters. The molecule has 1 N–H and O–H groups in total. The van der Waals surface area contributed by atoms with Crippen molar-refractivity contribution < 1.29 is 14.6 Å². The summed E-state index contributed by atoms with van der Waals surface area (Å²) in [6.07, 6.45) is 0. The van der Waals surface area contributed by atoms with Gasteiger partial charge in [0.15, 0.2) is 0 Å². The van der Waals surface area contributed by atoms with Crippen molar-refractivity contribution in [2.75, 3.05) is 0 Å². The van der Waals surface area contributed by atoms with Gasteiger partial charge in [0.2, 0.25) is 0 Å². The highest BCUT2D eigenvalue weighted by atomic mass is 32.1. The van der Waals surface area contributed by atoms with Crippen molar-refractivity contribution >= 4 is 17.3 Å². The molecule has 2 aromatic rings. The second-order valence-corrected chi connectivity index (χ2v) is 6.53. The van der Waals surface area contributed by atoms with Crippen molar-refractivity contribution in [3.63, 3.8) is 0 Å². The minimum absolute atomic E-state index is 0.0130. The summed E-state index contributed by atoms with van der Waals surface area (Å²) < 4.78 is 5.84. The first-order valence-electron chi connectivity index (χ1n) is 6.41. The molecular weight excluding hydrogens is 272 g/mol. The van der Waals surface area contributed by atoms with E-state index in [2.05, 4.69) is 20.8 Å². The van der Waals surface area contributed by atoms with Crippen LogP contribution in [0.2, 0.25) is 0 Å². The Hall–Kier alpha value is -1.81. The molecule has 0 fully saturated rings. The smallest absolute Gasteiger partial charge is 0.346 e. The van der Waals surface area contributed by atoms with Crippen LogP contribution >= 0.6 is 11.3 Å². The molecule has 0 unspecified atom stereocenters. The van der Waals surface area contributed by atoms with Crippen LogP contribution in [0.5, 0.6) is 5.75 Å². The van der Waals surface area contributed by atoms with Crippen molar-refractivity contribution in [1.29, 1.82) is 0 Å². The minimum atomic E-state index is -0.900. The van der Waals surface area contributed by atoms with Gasteiger partial charge in [-0.2, -0.15) is 0 Å². The third-order valence-corrected chi connectivity index (χ3v) is 3.96. The summed E-state index contributed by atoms with van der Waals surface area (Å²) in [4.78, 5) is 11.4. The summed E-state index contributed by atoms with van der Waals surface area (Å²) in [6, 6.07) is 9.68. The highest BCUT2D eigenvalue weighted by Crippen LogP contribution is 2.31. The number of carbonyl (C=O) groups is 1. The van der Waals surface area contributed by atoms with Crippen LogP contribution in [0.15, 0.2) is 35.7 Å². The molecule has 0 radical (unpaired) electrons. The van der Waals surface area contributed by atoms with Gasteiger partial charge in [-0.25, -0.2) is 4.79 Å². The molecule has 0 aliphatic heterocycles. The molecule has 0 spiro atoms. The quantitative estimate of drug-likeness (QED) is 0.912. The van der Waals surface area contributed by atoms with Crippen molar-refractivity contribution in [1.82, 2.24) is 0 Å². The minimum Gasteiger partial charge on any atom is -0.489 e. The normalized spacial score (nSPS) is 11.3. The maximum Gasteiger partial charge on any atom is 0.346 e. The second-order valence-electron chi connectivity index (χ2n) is 5.61. The maximum absolute atomic E-state index is 11.1. The molecular formula is C16H18O3S. The predicted molar refractivity (Wildman–Crippen MR) is 80.8 cm³/mol. The van der Waals surface area contributed by atoms with Gasteiger partial charge in [-0.1, -0.05) is 39.0 Å². The zero-order chi connectivity index (χ0) is 14.8. The lowest BCUT2D eigenvalue weighted by molar-refractivity contribution is 0.0699. The summed E-state index contributed by atoms with van der Waals surface area (Å²) in [5.41, 5.74) is 1.82.